The molecular weight excluding hydrogens is 467 g/mol. The number of thioether (sulfide) groups is 1. The van der Waals surface area contributed by atoms with E-state index in [0.717, 1.165) is 41.4 Å². The SMILES string of the molecule is COc1ccccc1CN1CCc2nc(SCC(=O)Nc3cc(F)ccc3Cl)[nH]c(=O)c2C1. The highest BCUT2D eigenvalue weighted by Gasteiger charge is 2.22. The Labute approximate surface area is 199 Å². The van der Waals surface area contributed by atoms with E-state index in [2.05, 4.69) is 20.2 Å². The van der Waals surface area contributed by atoms with Crippen LogP contribution in [0.4, 0.5) is 10.1 Å². The molecule has 10 heteroatoms. The average molecular weight is 489 g/mol. The zero-order valence-corrected chi connectivity index (χ0v) is 19.4. The summed E-state index contributed by atoms with van der Waals surface area (Å²) in [5, 5.41) is 3.18. The zero-order valence-electron chi connectivity index (χ0n) is 17.9. The van der Waals surface area contributed by atoms with E-state index < -0.39 is 5.82 Å². The van der Waals surface area contributed by atoms with Crippen LogP contribution in [0.15, 0.2) is 52.4 Å². The maximum Gasteiger partial charge on any atom is 0.256 e. The number of benzene rings is 2. The number of amides is 1. The minimum atomic E-state index is -0.497. The third-order valence-electron chi connectivity index (χ3n) is 5.25. The maximum absolute atomic E-state index is 13.4. The summed E-state index contributed by atoms with van der Waals surface area (Å²) in [4.78, 5) is 34.4. The molecule has 1 aromatic heterocycles. The fraction of sp³-hybridized carbons (Fsp3) is 0.261. The number of fused-ring (bicyclic) bond motifs is 1. The van der Waals surface area contributed by atoms with Crippen LogP contribution in [0.1, 0.15) is 16.8 Å². The second-order valence-electron chi connectivity index (χ2n) is 7.53. The molecule has 0 aliphatic carbocycles. The van der Waals surface area contributed by atoms with Crippen LogP contribution in [-0.4, -0.2) is 40.2 Å². The van der Waals surface area contributed by atoms with E-state index >= 15 is 0 Å². The van der Waals surface area contributed by atoms with Gasteiger partial charge in [-0.3, -0.25) is 14.5 Å². The van der Waals surface area contributed by atoms with Crippen molar-refractivity contribution in [2.45, 2.75) is 24.7 Å². The lowest BCUT2D eigenvalue weighted by Gasteiger charge is -2.28. The molecule has 3 aromatic rings. The second kappa shape index (κ2) is 10.4. The molecule has 0 spiro atoms. The monoisotopic (exact) mass is 488 g/mol. The Kier molecular flexibility index (Phi) is 7.32. The second-order valence-corrected chi connectivity index (χ2v) is 8.90. The molecular formula is C23H22ClFN4O3S. The summed E-state index contributed by atoms with van der Waals surface area (Å²) in [6.07, 6.45) is 0.632. The molecule has 2 aromatic carbocycles. The van der Waals surface area contributed by atoms with Crippen molar-refractivity contribution in [2.24, 2.45) is 0 Å². The Balaban J connectivity index is 1.39. The molecule has 2 N–H and O–H groups in total. The summed E-state index contributed by atoms with van der Waals surface area (Å²) in [7, 11) is 1.64. The number of aromatic amines is 1. The van der Waals surface area contributed by atoms with E-state index in [9.17, 15) is 14.0 Å². The molecule has 0 saturated heterocycles. The number of para-hydroxylation sites is 1. The lowest BCUT2D eigenvalue weighted by atomic mass is 10.1. The van der Waals surface area contributed by atoms with Crippen LogP contribution in [-0.2, 0) is 24.3 Å². The molecule has 0 unspecified atom stereocenters. The summed E-state index contributed by atoms with van der Waals surface area (Å²) in [5.41, 5.74) is 2.43. The van der Waals surface area contributed by atoms with Gasteiger partial charge in [-0.1, -0.05) is 41.6 Å². The standard InChI is InChI=1S/C23H22ClFN4O3S/c1-32-20-5-3-2-4-14(20)11-29-9-8-18-16(12-29)22(31)28-23(27-18)33-13-21(30)26-19-10-15(25)6-7-17(19)24/h2-7,10H,8-9,11-13H2,1H3,(H,26,30)(H,27,28,31). The topological polar surface area (TPSA) is 87.3 Å². The number of halogens is 2. The number of nitrogens with zero attached hydrogens (tertiary/aromatic N) is 2. The number of nitrogens with one attached hydrogen (secondary N) is 2. The maximum atomic E-state index is 13.4. The predicted molar refractivity (Wildman–Crippen MR) is 126 cm³/mol. The molecule has 1 aliphatic rings. The number of anilines is 1. The van der Waals surface area contributed by atoms with Gasteiger partial charge in [0.15, 0.2) is 5.16 Å². The summed E-state index contributed by atoms with van der Waals surface area (Å²) in [6.45, 7) is 1.91. The van der Waals surface area contributed by atoms with Crippen molar-refractivity contribution in [3.05, 3.63) is 80.5 Å². The summed E-state index contributed by atoms with van der Waals surface area (Å²) in [5.74, 6) is -0.0624. The van der Waals surface area contributed by atoms with Gasteiger partial charge < -0.3 is 15.0 Å². The van der Waals surface area contributed by atoms with Crippen molar-refractivity contribution >= 4 is 35.0 Å². The smallest absolute Gasteiger partial charge is 0.256 e. The van der Waals surface area contributed by atoms with Crippen molar-refractivity contribution in [2.75, 3.05) is 24.7 Å². The molecule has 7 nitrogen and oxygen atoms in total. The first-order valence-electron chi connectivity index (χ1n) is 10.3. The van der Waals surface area contributed by atoms with Gasteiger partial charge >= 0.3 is 0 Å². The van der Waals surface area contributed by atoms with Gasteiger partial charge in [0, 0.05) is 31.6 Å². The number of methoxy groups -OCH3 is 1. The summed E-state index contributed by atoms with van der Waals surface area (Å²) < 4.78 is 18.8. The normalized spacial score (nSPS) is 13.4. The molecule has 0 saturated carbocycles. The molecule has 2 heterocycles. The van der Waals surface area contributed by atoms with E-state index in [1.807, 2.05) is 24.3 Å². The number of rotatable bonds is 7. The van der Waals surface area contributed by atoms with Crippen molar-refractivity contribution in [1.29, 1.82) is 0 Å². The molecule has 4 rings (SSSR count). The van der Waals surface area contributed by atoms with E-state index in [1.54, 1.807) is 7.11 Å². The van der Waals surface area contributed by atoms with Gasteiger partial charge in [0.1, 0.15) is 11.6 Å². The molecule has 0 bridgehead atoms. The van der Waals surface area contributed by atoms with Gasteiger partial charge in [-0.05, 0) is 24.3 Å². The van der Waals surface area contributed by atoms with E-state index in [-0.39, 0.29) is 27.9 Å². The molecule has 172 valence electrons. The summed E-state index contributed by atoms with van der Waals surface area (Å²) in [6, 6.07) is 11.6. The van der Waals surface area contributed by atoms with Gasteiger partial charge in [0.05, 0.1) is 34.8 Å². The average Bonchev–Trinajstić information content (AvgIpc) is 2.81. The molecule has 0 atom stereocenters. The van der Waals surface area contributed by atoms with E-state index in [0.29, 0.717) is 30.2 Å². The molecule has 1 aliphatic heterocycles. The van der Waals surface area contributed by atoms with Gasteiger partial charge in [0.25, 0.3) is 5.56 Å². The molecule has 0 fully saturated rings. The Morgan fingerprint density at radius 3 is 2.97 bits per heavy atom. The Bertz CT molecular complexity index is 1240. The minimum Gasteiger partial charge on any atom is -0.496 e. The summed E-state index contributed by atoms with van der Waals surface area (Å²) >= 11 is 7.09. The number of carbonyl (C=O) groups is 1. The number of aromatic nitrogens is 2. The zero-order chi connectivity index (χ0) is 23.4. The Morgan fingerprint density at radius 2 is 2.15 bits per heavy atom. The third-order valence-corrected chi connectivity index (χ3v) is 6.46. The lowest BCUT2D eigenvalue weighted by molar-refractivity contribution is -0.113. The lowest BCUT2D eigenvalue weighted by Crippen LogP contribution is -2.35. The van der Waals surface area contributed by atoms with E-state index in [1.165, 1.54) is 12.1 Å². The Hall–Kier alpha value is -2.88. The van der Waals surface area contributed by atoms with Gasteiger partial charge in [-0.2, -0.15) is 0 Å². The third kappa shape index (κ3) is 5.73. The van der Waals surface area contributed by atoms with Crippen molar-refractivity contribution in [3.63, 3.8) is 0 Å². The van der Waals surface area contributed by atoms with Crippen molar-refractivity contribution < 1.29 is 13.9 Å². The molecule has 1 amide bonds. The number of ether oxygens (including phenoxy) is 1. The largest absolute Gasteiger partial charge is 0.496 e. The first-order chi connectivity index (χ1) is 15.9. The van der Waals surface area contributed by atoms with Gasteiger partial charge in [-0.25, -0.2) is 9.37 Å². The fourth-order valence-corrected chi connectivity index (χ4v) is 4.49. The quantitative estimate of drug-likeness (QED) is 0.388. The number of hydrogen-bond acceptors (Lipinski definition) is 6. The fourth-order valence-electron chi connectivity index (χ4n) is 3.65. The van der Waals surface area contributed by atoms with Crippen molar-refractivity contribution in [1.82, 2.24) is 14.9 Å². The number of H-pyrrole nitrogens is 1. The first-order valence-corrected chi connectivity index (χ1v) is 11.6. The van der Waals surface area contributed by atoms with Crippen LogP contribution >= 0.6 is 23.4 Å². The molecule has 0 radical (unpaired) electrons. The highest BCUT2D eigenvalue weighted by molar-refractivity contribution is 7.99. The minimum absolute atomic E-state index is 0.00546. The van der Waals surface area contributed by atoms with Crippen LogP contribution in [0, 0.1) is 5.82 Å². The van der Waals surface area contributed by atoms with Crippen LogP contribution in [0.3, 0.4) is 0 Å². The van der Waals surface area contributed by atoms with Crippen molar-refractivity contribution in [3.8, 4) is 5.75 Å². The first kappa shape index (κ1) is 23.3. The van der Waals surface area contributed by atoms with Crippen LogP contribution < -0.4 is 15.6 Å². The predicted octanol–water partition coefficient (Wildman–Crippen LogP) is 3.86. The molecule has 33 heavy (non-hydrogen) atoms. The Morgan fingerprint density at radius 1 is 1.33 bits per heavy atom. The number of hydrogen-bond donors (Lipinski definition) is 2. The highest BCUT2D eigenvalue weighted by Crippen LogP contribution is 2.25. The van der Waals surface area contributed by atoms with E-state index in [4.69, 9.17) is 16.3 Å². The van der Waals surface area contributed by atoms with Crippen LogP contribution in [0.25, 0.3) is 0 Å². The van der Waals surface area contributed by atoms with Crippen LogP contribution in [0.5, 0.6) is 5.75 Å². The van der Waals surface area contributed by atoms with Crippen LogP contribution in [0.2, 0.25) is 5.02 Å². The van der Waals surface area contributed by atoms with Gasteiger partial charge in [0.2, 0.25) is 5.91 Å². The van der Waals surface area contributed by atoms with Gasteiger partial charge in [-0.15, -0.1) is 0 Å². The number of carbonyl (C=O) groups excluding carboxylic acids is 1. The highest BCUT2D eigenvalue weighted by atomic mass is 35.5.